The molecule has 0 saturated carbocycles. The van der Waals surface area contributed by atoms with Crippen LogP contribution >= 0.6 is 0 Å². The minimum Gasteiger partial charge on any atom is -0.269 e. The van der Waals surface area contributed by atoms with E-state index < -0.39 is 0 Å². The van der Waals surface area contributed by atoms with Crippen LogP contribution in [0.1, 0.15) is 0 Å². The molecule has 0 atom stereocenters. The van der Waals surface area contributed by atoms with Gasteiger partial charge in [-0.2, -0.15) is 0 Å². The van der Waals surface area contributed by atoms with Gasteiger partial charge in [-0.1, -0.05) is 0 Å². The number of halogens is 5. The van der Waals surface area contributed by atoms with Crippen LogP contribution < -0.4 is 0 Å². The second-order valence-electron chi connectivity index (χ2n) is 0. The number of rotatable bonds is 0. The fourth-order valence-electron chi connectivity index (χ4n) is 0. The van der Waals surface area contributed by atoms with Crippen LogP contribution in [0.25, 0.3) is 0 Å². The van der Waals surface area contributed by atoms with E-state index in [1.807, 2.05) is 0 Å². The van der Waals surface area contributed by atoms with Gasteiger partial charge in [-0.25, -0.2) is 0 Å². The number of hydrogen-bond donors (Lipinski definition) is 0. The molecule has 0 aliphatic rings. The van der Waals surface area contributed by atoms with Crippen LogP contribution in [0.2, 0.25) is 0 Å². The van der Waals surface area contributed by atoms with Crippen LogP contribution in [0.4, 0.5) is 23.5 Å². The quantitative estimate of drug-likeness (QED) is 0.578. The Labute approximate surface area is 44.5 Å². The van der Waals surface area contributed by atoms with Crippen LogP contribution in [0.15, 0.2) is 0 Å². The van der Waals surface area contributed by atoms with Gasteiger partial charge in [0.15, 0.2) is 0 Å². The Kier molecular flexibility index (Phi) is 360000. The van der Waals surface area contributed by atoms with Crippen molar-refractivity contribution in [1.29, 1.82) is 0 Å². The molecule has 6 heavy (non-hydrogen) atoms. The monoisotopic (exact) mass is 293 g/mol. The van der Waals surface area contributed by atoms with Crippen molar-refractivity contribution in [2.75, 3.05) is 0 Å². The van der Waals surface area contributed by atoms with Crippen LogP contribution in [0.3, 0.4) is 0 Å². The average molecular weight is 292 g/mol. The minimum absolute atomic E-state index is 0. The summed E-state index contributed by atoms with van der Waals surface area (Å²) in [5.74, 6) is 0. The molecule has 0 aromatic heterocycles. The molecule has 0 bridgehead atoms. The van der Waals surface area contributed by atoms with Crippen molar-refractivity contribution in [2.24, 2.45) is 0 Å². The first-order valence-corrected chi connectivity index (χ1v) is 0. The van der Waals surface area contributed by atoms with Gasteiger partial charge in [0, 0.05) is 20.1 Å². The molecule has 0 fully saturated rings. The van der Waals surface area contributed by atoms with E-state index in [1.165, 1.54) is 0 Å². The maximum absolute atomic E-state index is 0. The largest absolute Gasteiger partial charge is 0.269 e. The summed E-state index contributed by atoms with van der Waals surface area (Å²) in [6, 6.07) is 0. The van der Waals surface area contributed by atoms with E-state index in [1.54, 1.807) is 0 Å². The van der Waals surface area contributed by atoms with Crippen LogP contribution in [-0.2, 0) is 20.1 Å². The molecule has 6 heteroatoms. The van der Waals surface area contributed by atoms with Gasteiger partial charge >= 0.3 is 0 Å². The van der Waals surface area contributed by atoms with E-state index >= 15 is 0 Å². The van der Waals surface area contributed by atoms with Gasteiger partial charge in [0.25, 0.3) is 0 Å². The minimum atomic E-state index is 0. The van der Waals surface area contributed by atoms with Crippen LogP contribution in [0, 0.1) is 0 Å². The first-order chi connectivity index (χ1) is 0. The summed E-state index contributed by atoms with van der Waals surface area (Å²) in [7, 11) is 0. The van der Waals surface area contributed by atoms with Gasteiger partial charge in [-0.15, -0.1) is 0 Å². The van der Waals surface area contributed by atoms with E-state index in [9.17, 15) is 0 Å². The molecular weight excluding hydrogens is 287 g/mol. The maximum atomic E-state index is 0. The zero-order chi connectivity index (χ0) is 0. The van der Waals surface area contributed by atoms with Crippen molar-refractivity contribution in [3.63, 3.8) is 0 Å². The number of hydrogen-bond acceptors (Lipinski definition) is 0. The summed E-state index contributed by atoms with van der Waals surface area (Å²) in [5, 5.41) is 0. The van der Waals surface area contributed by atoms with Gasteiger partial charge in [0.2, 0.25) is 0 Å². The summed E-state index contributed by atoms with van der Waals surface area (Å²) in [6.07, 6.45) is 0. The van der Waals surface area contributed by atoms with Crippen molar-refractivity contribution in [1.82, 2.24) is 0 Å². The first kappa shape index (κ1) is 1970. The van der Waals surface area contributed by atoms with E-state index in [0.717, 1.165) is 0 Å². The molecule has 1 radical (unpaired) electrons. The molecule has 0 rings (SSSR count). The Balaban J connectivity index is 0. The Morgan fingerprint density at radius 2 is 0.333 bits per heavy atom. The van der Waals surface area contributed by atoms with Gasteiger partial charge < -0.3 is 0 Å². The molecular formula is H5F5Ir. The van der Waals surface area contributed by atoms with E-state index in [2.05, 4.69) is 0 Å². The van der Waals surface area contributed by atoms with Crippen molar-refractivity contribution in [2.45, 2.75) is 0 Å². The second-order valence-corrected chi connectivity index (χ2v) is 0. The predicted octanol–water partition coefficient (Wildman–Crippen LogP) is 0.760. The van der Waals surface area contributed by atoms with E-state index in [0.29, 0.717) is 0 Å². The van der Waals surface area contributed by atoms with Gasteiger partial charge in [0.05, 0.1) is 0 Å². The molecule has 0 heterocycles. The third-order valence-corrected chi connectivity index (χ3v) is 0. The molecule has 0 aromatic carbocycles. The molecule has 0 unspecified atom stereocenters. The topological polar surface area (TPSA) is 0 Å². The van der Waals surface area contributed by atoms with Crippen LogP contribution in [-0.4, -0.2) is 0 Å². The third-order valence-electron chi connectivity index (χ3n) is 0. The zero-order valence-electron chi connectivity index (χ0n) is 2.37. The normalized spacial score (nSPS) is 0. The predicted molar refractivity (Wildman–Crippen MR) is 12.5 cm³/mol. The Morgan fingerprint density at radius 1 is 0.333 bits per heavy atom. The Morgan fingerprint density at radius 3 is 0.333 bits per heavy atom. The zero-order valence-corrected chi connectivity index (χ0v) is 4.77. The fourth-order valence-corrected chi connectivity index (χ4v) is 0. The smallest absolute Gasteiger partial charge is 0 e. The van der Waals surface area contributed by atoms with Gasteiger partial charge in [-0.05, 0) is 0 Å². The molecule has 49 valence electrons. The summed E-state index contributed by atoms with van der Waals surface area (Å²) in [5.41, 5.74) is 0. The molecule has 0 saturated heterocycles. The first-order valence-electron chi connectivity index (χ1n) is 0. The van der Waals surface area contributed by atoms with E-state index in [-0.39, 0.29) is 43.6 Å². The summed E-state index contributed by atoms with van der Waals surface area (Å²) < 4.78 is 0. The fraction of sp³-hybridized carbons (Fsp3) is 0. The Hall–Kier alpha value is 0.299. The molecule has 0 nitrogen and oxygen atoms in total. The molecule has 0 aliphatic heterocycles. The standard InChI is InChI=1S/5FH.Ir/h5*1H;. The van der Waals surface area contributed by atoms with Crippen LogP contribution in [0.5, 0.6) is 0 Å². The third kappa shape index (κ3) is 522. The molecule has 0 aliphatic carbocycles. The summed E-state index contributed by atoms with van der Waals surface area (Å²) in [6.45, 7) is 0. The summed E-state index contributed by atoms with van der Waals surface area (Å²) in [4.78, 5) is 0. The average Bonchev–Trinajstić information content (AvgIpc) is 0. The van der Waals surface area contributed by atoms with Crippen molar-refractivity contribution >= 4 is 0 Å². The molecule has 0 N–H and O–H groups in total. The SMILES string of the molecule is F.F.F.F.F.[Ir]. The molecule has 0 aromatic rings. The van der Waals surface area contributed by atoms with Crippen molar-refractivity contribution in [3.05, 3.63) is 0 Å². The summed E-state index contributed by atoms with van der Waals surface area (Å²) >= 11 is 0. The van der Waals surface area contributed by atoms with Gasteiger partial charge in [-0.3, -0.25) is 23.5 Å². The van der Waals surface area contributed by atoms with E-state index in [4.69, 9.17) is 0 Å². The maximum Gasteiger partial charge on any atom is 0 e. The van der Waals surface area contributed by atoms with Gasteiger partial charge in [0.1, 0.15) is 0 Å². The van der Waals surface area contributed by atoms with Crippen molar-refractivity contribution < 1.29 is 43.6 Å². The Bertz CT molecular complexity index is 3.90. The molecule has 0 amide bonds. The van der Waals surface area contributed by atoms with Crippen molar-refractivity contribution in [3.8, 4) is 0 Å². The molecule has 0 spiro atoms. The second kappa shape index (κ2) is 1090.